The number of nitrogens with zero attached hydrogens (tertiary/aromatic N) is 4. The van der Waals surface area contributed by atoms with E-state index in [1.807, 2.05) is 0 Å². The summed E-state index contributed by atoms with van der Waals surface area (Å²) in [7, 11) is -4.24. The summed E-state index contributed by atoms with van der Waals surface area (Å²) in [6, 6.07) is 10.5. The fourth-order valence-electron chi connectivity index (χ4n) is 3.08. The van der Waals surface area contributed by atoms with Gasteiger partial charge in [-0.2, -0.15) is 0 Å². The highest BCUT2D eigenvalue weighted by Gasteiger charge is 2.27. The Labute approximate surface area is 170 Å². The highest BCUT2D eigenvalue weighted by molar-refractivity contribution is 7.92. The van der Waals surface area contributed by atoms with E-state index in [2.05, 4.69) is 10.2 Å². The first-order valence-electron chi connectivity index (χ1n) is 8.79. The van der Waals surface area contributed by atoms with Crippen molar-refractivity contribution in [3.05, 3.63) is 89.6 Å². The molecule has 0 unspecified atom stereocenters. The molecule has 0 aliphatic heterocycles. The Morgan fingerprint density at radius 2 is 1.67 bits per heavy atom. The van der Waals surface area contributed by atoms with Gasteiger partial charge in [-0.15, -0.1) is 10.2 Å². The quantitative estimate of drug-likeness (QED) is 0.481. The lowest BCUT2D eigenvalue weighted by Gasteiger charge is -2.25. The third-order valence-corrected chi connectivity index (χ3v) is 6.24. The van der Waals surface area contributed by atoms with Crippen LogP contribution in [0.5, 0.6) is 0 Å². The first-order chi connectivity index (χ1) is 14.2. The van der Waals surface area contributed by atoms with Crippen molar-refractivity contribution in [3.8, 4) is 0 Å². The molecule has 4 rings (SSSR count). The molecule has 0 amide bonds. The molecule has 2 aromatic heterocycles. The third-order valence-electron chi connectivity index (χ3n) is 4.48. The monoisotopic (exact) mass is 432 g/mol. The van der Waals surface area contributed by atoms with Crippen LogP contribution in [0.25, 0.3) is 5.65 Å². The van der Waals surface area contributed by atoms with E-state index in [0.29, 0.717) is 17.5 Å². The maximum atomic E-state index is 13.8. The third kappa shape index (κ3) is 3.73. The van der Waals surface area contributed by atoms with E-state index in [0.717, 1.165) is 22.5 Å². The zero-order chi connectivity index (χ0) is 21.5. The number of pyridine rings is 1. The van der Waals surface area contributed by atoms with Gasteiger partial charge in [0, 0.05) is 12.3 Å². The summed E-state index contributed by atoms with van der Waals surface area (Å²) in [5.74, 6) is -1.86. The van der Waals surface area contributed by atoms with Crippen molar-refractivity contribution in [1.29, 1.82) is 0 Å². The second-order valence-electron chi connectivity index (χ2n) is 6.61. The topological polar surface area (TPSA) is 67.6 Å². The van der Waals surface area contributed by atoms with E-state index in [1.54, 1.807) is 6.92 Å². The molecule has 6 nitrogen and oxygen atoms in total. The summed E-state index contributed by atoms with van der Waals surface area (Å²) in [5.41, 5.74) is 0.540. The molecule has 0 fully saturated rings. The molecule has 0 atom stereocenters. The zero-order valence-corrected chi connectivity index (χ0v) is 16.4. The van der Waals surface area contributed by atoms with Gasteiger partial charge < -0.3 is 0 Å². The lowest BCUT2D eigenvalue weighted by atomic mass is 10.2. The molecule has 2 heterocycles. The Bertz CT molecular complexity index is 1340. The molecule has 10 heteroatoms. The minimum atomic E-state index is -4.24. The van der Waals surface area contributed by atoms with Gasteiger partial charge in [-0.25, -0.2) is 21.6 Å². The van der Waals surface area contributed by atoms with E-state index in [-0.39, 0.29) is 16.1 Å². The highest BCUT2D eigenvalue weighted by atomic mass is 32.2. The highest BCUT2D eigenvalue weighted by Crippen LogP contribution is 2.27. The second kappa shape index (κ2) is 7.45. The number of anilines is 1. The number of sulfonamides is 1. The van der Waals surface area contributed by atoms with Crippen molar-refractivity contribution in [2.75, 3.05) is 4.31 Å². The lowest BCUT2D eigenvalue weighted by Crippen LogP contribution is -2.31. The molecule has 0 bridgehead atoms. The largest absolute Gasteiger partial charge is 0.285 e. The minimum absolute atomic E-state index is 0.0141. The molecule has 0 aliphatic rings. The molecule has 0 radical (unpaired) electrons. The minimum Gasteiger partial charge on any atom is -0.285 e. The van der Waals surface area contributed by atoms with Gasteiger partial charge in [0.2, 0.25) is 0 Å². The average Bonchev–Trinajstić information content (AvgIpc) is 3.06. The van der Waals surface area contributed by atoms with Gasteiger partial charge >= 0.3 is 0 Å². The first kappa shape index (κ1) is 19.9. The SMILES string of the molecule is Cc1nnc2ccc(S(=O)(=O)N(Cc3cc(F)cc(F)c3)c3cccc(F)c3)cn12. The van der Waals surface area contributed by atoms with Crippen molar-refractivity contribution in [2.24, 2.45) is 0 Å². The molecule has 30 heavy (non-hydrogen) atoms. The van der Waals surface area contributed by atoms with Gasteiger partial charge in [-0.1, -0.05) is 6.07 Å². The standard InChI is InChI=1S/C20H15F3N4O2S/c1-13-24-25-20-6-5-19(12-26(13)20)30(28,29)27(18-4-2-3-15(21)10-18)11-14-7-16(22)9-17(23)8-14/h2-10,12H,11H2,1H3. The number of hydrogen-bond donors (Lipinski definition) is 0. The molecule has 0 spiro atoms. The fraction of sp³-hybridized carbons (Fsp3) is 0.100. The Balaban J connectivity index is 1.85. The summed E-state index contributed by atoms with van der Waals surface area (Å²) in [5, 5.41) is 7.81. The van der Waals surface area contributed by atoms with Crippen molar-refractivity contribution < 1.29 is 21.6 Å². The van der Waals surface area contributed by atoms with Crippen LogP contribution in [0.15, 0.2) is 65.7 Å². The van der Waals surface area contributed by atoms with Crippen LogP contribution in [0.1, 0.15) is 11.4 Å². The van der Waals surface area contributed by atoms with Gasteiger partial charge in [-0.3, -0.25) is 8.71 Å². The van der Waals surface area contributed by atoms with Crippen molar-refractivity contribution >= 4 is 21.4 Å². The zero-order valence-electron chi connectivity index (χ0n) is 15.6. The molecular formula is C20H15F3N4O2S. The van der Waals surface area contributed by atoms with Crippen LogP contribution in [-0.2, 0) is 16.6 Å². The average molecular weight is 432 g/mol. The fourth-order valence-corrected chi connectivity index (χ4v) is 4.52. The Kier molecular flexibility index (Phi) is 4.94. The summed E-state index contributed by atoms with van der Waals surface area (Å²) in [6.45, 7) is 1.26. The molecule has 0 saturated heterocycles. The predicted molar refractivity (Wildman–Crippen MR) is 104 cm³/mol. The van der Waals surface area contributed by atoms with Crippen LogP contribution in [-0.4, -0.2) is 23.0 Å². The number of halogens is 3. The van der Waals surface area contributed by atoms with Gasteiger partial charge in [0.05, 0.1) is 12.2 Å². The Morgan fingerprint density at radius 1 is 0.933 bits per heavy atom. The number of rotatable bonds is 5. The second-order valence-corrected chi connectivity index (χ2v) is 8.47. The summed E-state index contributed by atoms with van der Waals surface area (Å²) in [6.07, 6.45) is 1.35. The van der Waals surface area contributed by atoms with E-state index < -0.39 is 34.0 Å². The van der Waals surface area contributed by atoms with E-state index >= 15 is 0 Å². The van der Waals surface area contributed by atoms with Crippen molar-refractivity contribution in [2.45, 2.75) is 18.4 Å². The van der Waals surface area contributed by atoms with Crippen LogP contribution in [0.4, 0.5) is 18.9 Å². The molecule has 2 aromatic carbocycles. The molecule has 0 N–H and O–H groups in total. The van der Waals surface area contributed by atoms with E-state index in [1.165, 1.54) is 40.9 Å². The summed E-state index contributed by atoms with van der Waals surface area (Å²) < 4.78 is 70.5. The van der Waals surface area contributed by atoms with Gasteiger partial charge in [0.1, 0.15) is 28.2 Å². The molecule has 0 aliphatic carbocycles. The number of hydrogen-bond acceptors (Lipinski definition) is 4. The van der Waals surface area contributed by atoms with Crippen molar-refractivity contribution in [3.63, 3.8) is 0 Å². The predicted octanol–water partition coefficient (Wildman–Crippen LogP) is 3.85. The van der Waals surface area contributed by atoms with E-state index in [4.69, 9.17) is 0 Å². The number of aryl methyl sites for hydroxylation is 1. The normalized spacial score (nSPS) is 11.7. The van der Waals surface area contributed by atoms with Crippen LogP contribution in [0.3, 0.4) is 0 Å². The Hall–Kier alpha value is -3.40. The maximum absolute atomic E-state index is 13.8. The van der Waals surface area contributed by atoms with Gasteiger partial charge in [0.25, 0.3) is 10.0 Å². The van der Waals surface area contributed by atoms with Crippen LogP contribution >= 0.6 is 0 Å². The number of benzene rings is 2. The summed E-state index contributed by atoms with van der Waals surface area (Å²) in [4.78, 5) is -0.112. The molecular weight excluding hydrogens is 417 g/mol. The first-order valence-corrected chi connectivity index (χ1v) is 10.2. The van der Waals surface area contributed by atoms with Crippen LogP contribution in [0.2, 0.25) is 0 Å². The number of fused-ring (bicyclic) bond motifs is 1. The molecule has 154 valence electrons. The van der Waals surface area contributed by atoms with E-state index in [9.17, 15) is 21.6 Å². The lowest BCUT2D eigenvalue weighted by molar-refractivity contribution is 0.576. The van der Waals surface area contributed by atoms with Gasteiger partial charge in [-0.05, 0) is 55.0 Å². The molecule has 4 aromatic rings. The van der Waals surface area contributed by atoms with Crippen molar-refractivity contribution in [1.82, 2.24) is 14.6 Å². The van der Waals surface area contributed by atoms with Crippen LogP contribution in [0, 0.1) is 24.4 Å². The number of aromatic nitrogens is 3. The smallest absolute Gasteiger partial charge is 0.266 e. The van der Waals surface area contributed by atoms with Gasteiger partial charge in [0.15, 0.2) is 5.65 Å². The Morgan fingerprint density at radius 3 is 2.37 bits per heavy atom. The van der Waals surface area contributed by atoms with Crippen LogP contribution < -0.4 is 4.31 Å². The summed E-state index contributed by atoms with van der Waals surface area (Å²) >= 11 is 0. The molecule has 0 saturated carbocycles. The maximum Gasteiger partial charge on any atom is 0.266 e.